The molecule has 1 aliphatic heterocycles. The van der Waals surface area contributed by atoms with E-state index in [4.69, 9.17) is 0 Å². The van der Waals surface area contributed by atoms with Gasteiger partial charge in [-0.2, -0.15) is 5.10 Å². The number of piperazine rings is 1. The molecule has 114 valence electrons. The molecule has 1 saturated heterocycles. The van der Waals surface area contributed by atoms with Crippen LogP contribution in [0, 0.1) is 0 Å². The summed E-state index contributed by atoms with van der Waals surface area (Å²) < 4.78 is 2.12. The second-order valence-corrected chi connectivity index (χ2v) is 5.81. The van der Waals surface area contributed by atoms with E-state index in [0.717, 1.165) is 39.1 Å². The number of nitrogens with zero attached hydrogens (tertiary/aromatic N) is 4. The molecule has 2 unspecified atom stereocenters. The van der Waals surface area contributed by atoms with Gasteiger partial charge in [-0.1, -0.05) is 6.92 Å². The molecule has 0 spiro atoms. The summed E-state index contributed by atoms with van der Waals surface area (Å²) in [4.78, 5) is 4.91. The quantitative estimate of drug-likeness (QED) is 0.848. The van der Waals surface area contributed by atoms with Crippen molar-refractivity contribution in [2.45, 2.75) is 38.9 Å². The molecule has 0 amide bonds. The third-order valence-electron chi connectivity index (χ3n) is 4.27. The van der Waals surface area contributed by atoms with Crippen LogP contribution in [-0.4, -0.2) is 65.9 Å². The highest BCUT2D eigenvalue weighted by molar-refractivity contribution is 5.11. The Kier molecular flexibility index (Phi) is 5.57. The molecule has 2 heterocycles. The molecule has 1 aromatic heterocycles. The molecule has 1 aromatic rings. The van der Waals surface area contributed by atoms with Crippen molar-refractivity contribution in [3.63, 3.8) is 0 Å². The summed E-state index contributed by atoms with van der Waals surface area (Å²) in [5.41, 5.74) is 1.31. The van der Waals surface area contributed by atoms with E-state index in [1.165, 1.54) is 5.69 Å². The zero-order valence-corrected chi connectivity index (χ0v) is 13.3. The summed E-state index contributed by atoms with van der Waals surface area (Å²) in [5, 5.41) is 8.19. The van der Waals surface area contributed by atoms with Crippen LogP contribution < -0.4 is 5.32 Å². The van der Waals surface area contributed by atoms with Gasteiger partial charge in [0.15, 0.2) is 0 Å². The van der Waals surface area contributed by atoms with E-state index < -0.39 is 0 Å². The first-order chi connectivity index (χ1) is 9.67. The van der Waals surface area contributed by atoms with Gasteiger partial charge in [0.05, 0.1) is 11.7 Å². The minimum absolute atomic E-state index is 0.352. The van der Waals surface area contributed by atoms with Gasteiger partial charge in [-0.05, 0) is 40.1 Å². The highest BCUT2D eigenvalue weighted by Crippen LogP contribution is 2.23. The van der Waals surface area contributed by atoms with Gasteiger partial charge >= 0.3 is 0 Å². The molecule has 1 fully saturated rings. The molecule has 5 nitrogen and oxygen atoms in total. The molecule has 0 radical (unpaired) electrons. The number of hydrogen-bond acceptors (Lipinski definition) is 4. The largest absolute Gasteiger partial charge is 0.307 e. The van der Waals surface area contributed by atoms with Crippen LogP contribution in [0.5, 0.6) is 0 Å². The normalized spacial score (nSPS) is 23.1. The standard InChI is InChI=1S/C15H29N5/c1-5-8-16-15(13-7-9-17-20(13)6-2)14-12-18(3)10-11-19(14)4/h7,9,14-16H,5-6,8,10-12H2,1-4H3. The first kappa shape index (κ1) is 15.5. The monoisotopic (exact) mass is 279 g/mol. The highest BCUT2D eigenvalue weighted by Gasteiger charge is 2.32. The maximum atomic E-state index is 4.45. The van der Waals surface area contributed by atoms with E-state index in [-0.39, 0.29) is 0 Å². The number of aromatic nitrogens is 2. The van der Waals surface area contributed by atoms with Crippen molar-refractivity contribution in [2.24, 2.45) is 0 Å². The summed E-state index contributed by atoms with van der Waals surface area (Å²) in [5.74, 6) is 0. The Morgan fingerprint density at radius 2 is 2.15 bits per heavy atom. The van der Waals surface area contributed by atoms with Crippen LogP contribution in [-0.2, 0) is 6.54 Å². The Bertz CT molecular complexity index is 403. The SMILES string of the molecule is CCCNC(c1ccnn1CC)C1CN(C)CCN1C. The summed E-state index contributed by atoms with van der Waals surface area (Å²) in [6.45, 7) is 9.74. The smallest absolute Gasteiger partial charge is 0.0662 e. The van der Waals surface area contributed by atoms with Crippen molar-refractivity contribution in [3.8, 4) is 0 Å². The van der Waals surface area contributed by atoms with Crippen molar-refractivity contribution in [1.29, 1.82) is 0 Å². The van der Waals surface area contributed by atoms with Gasteiger partial charge in [-0.25, -0.2) is 0 Å². The fraction of sp³-hybridized carbons (Fsp3) is 0.800. The summed E-state index contributed by atoms with van der Waals surface area (Å²) in [7, 11) is 4.46. The molecule has 5 heteroatoms. The van der Waals surface area contributed by atoms with Crippen molar-refractivity contribution >= 4 is 0 Å². The number of aryl methyl sites for hydroxylation is 1. The van der Waals surface area contributed by atoms with E-state index in [9.17, 15) is 0 Å². The predicted molar refractivity (Wildman–Crippen MR) is 82.9 cm³/mol. The molecule has 20 heavy (non-hydrogen) atoms. The predicted octanol–water partition coefficient (Wildman–Crippen LogP) is 1.19. The van der Waals surface area contributed by atoms with Crippen molar-refractivity contribution < 1.29 is 0 Å². The van der Waals surface area contributed by atoms with Crippen LogP contribution >= 0.6 is 0 Å². The summed E-state index contributed by atoms with van der Waals surface area (Å²) >= 11 is 0. The van der Waals surface area contributed by atoms with Gasteiger partial charge in [0.25, 0.3) is 0 Å². The van der Waals surface area contributed by atoms with Crippen molar-refractivity contribution in [2.75, 3.05) is 40.3 Å². The molecular formula is C15H29N5. The average molecular weight is 279 g/mol. The van der Waals surface area contributed by atoms with Crippen LogP contribution in [0.3, 0.4) is 0 Å². The molecule has 0 aromatic carbocycles. The minimum Gasteiger partial charge on any atom is -0.307 e. The number of nitrogens with one attached hydrogen (secondary N) is 1. The molecule has 2 rings (SSSR count). The van der Waals surface area contributed by atoms with Gasteiger partial charge < -0.3 is 10.2 Å². The average Bonchev–Trinajstić information content (AvgIpc) is 2.91. The second kappa shape index (κ2) is 7.20. The van der Waals surface area contributed by atoms with Crippen molar-refractivity contribution in [1.82, 2.24) is 24.9 Å². The lowest BCUT2D eigenvalue weighted by Gasteiger charge is -2.42. The third-order valence-corrected chi connectivity index (χ3v) is 4.27. The van der Waals surface area contributed by atoms with E-state index in [2.05, 4.69) is 58.9 Å². The number of hydrogen-bond donors (Lipinski definition) is 1. The first-order valence-electron chi connectivity index (χ1n) is 7.81. The van der Waals surface area contributed by atoms with E-state index in [1.54, 1.807) is 0 Å². The first-order valence-corrected chi connectivity index (χ1v) is 7.81. The lowest BCUT2D eigenvalue weighted by molar-refractivity contribution is 0.0852. The van der Waals surface area contributed by atoms with Crippen LogP contribution in [0.1, 0.15) is 32.0 Å². The highest BCUT2D eigenvalue weighted by atomic mass is 15.3. The zero-order chi connectivity index (χ0) is 14.5. The van der Waals surface area contributed by atoms with E-state index in [0.29, 0.717) is 12.1 Å². The van der Waals surface area contributed by atoms with Gasteiger partial charge in [0, 0.05) is 38.4 Å². The van der Waals surface area contributed by atoms with Crippen LogP contribution in [0.4, 0.5) is 0 Å². The number of likely N-dealkylation sites (N-methyl/N-ethyl adjacent to an activating group) is 2. The number of rotatable bonds is 6. The maximum absolute atomic E-state index is 4.45. The Hall–Kier alpha value is -0.910. The fourth-order valence-electron chi connectivity index (χ4n) is 3.01. The lowest BCUT2D eigenvalue weighted by atomic mass is 10.0. The van der Waals surface area contributed by atoms with Gasteiger partial charge in [0.1, 0.15) is 0 Å². The Morgan fingerprint density at radius 1 is 1.35 bits per heavy atom. The topological polar surface area (TPSA) is 36.3 Å². The Balaban J connectivity index is 2.22. The minimum atomic E-state index is 0.352. The molecule has 0 aliphatic carbocycles. The summed E-state index contributed by atoms with van der Waals surface area (Å²) in [6.07, 6.45) is 3.08. The molecule has 2 atom stereocenters. The van der Waals surface area contributed by atoms with E-state index in [1.807, 2.05) is 6.20 Å². The van der Waals surface area contributed by atoms with Crippen LogP contribution in [0.2, 0.25) is 0 Å². The van der Waals surface area contributed by atoms with Crippen molar-refractivity contribution in [3.05, 3.63) is 18.0 Å². The molecule has 0 bridgehead atoms. The second-order valence-electron chi connectivity index (χ2n) is 5.81. The third kappa shape index (κ3) is 3.40. The van der Waals surface area contributed by atoms with Crippen LogP contribution in [0.15, 0.2) is 12.3 Å². The lowest BCUT2D eigenvalue weighted by Crippen LogP contribution is -2.55. The fourth-order valence-corrected chi connectivity index (χ4v) is 3.01. The van der Waals surface area contributed by atoms with Gasteiger partial charge in [0.2, 0.25) is 0 Å². The molecule has 1 aliphatic rings. The molecular weight excluding hydrogens is 250 g/mol. The Morgan fingerprint density at radius 3 is 2.85 bits per heavy atom. The van der Waals surface area contributed by atoms with E-state index >= 15 is 0 Å². The van der Waals surface area contributed by atoms with Gasteiger partial charge in [-0.15, -0.1) is 0 Å². The van der Waals surface area contributed by atoms with Gasteiger partial charge in [-0.3, -0.25) is 9.58 Å². The molecule has 1 N–H and O–H groups in total. The zero-order valence-electron chi connectivity index (χ0n) is 13.3. The summed E-state index contributed by atoms with van der Waals surface area (Å²) in [6, 6.07) is 3.02. The maximum Gasteiger partial charge on any atom is 0.0662 e. The molecule has 0 saturated carbocycles. The van der Waals surface area contributed by atoms with Crippen LogP contribution in [0.25, 0.3) is 0 Å². The Labute approximate surface area is 122 Å².